The first-order chi connectivity index (χ1) is 9.20. The third kappa shape index (κ3) is 5.53. The molecule has 0 aliphatic carbocycles. The Hall–Kier alpha value is -1.04. The van der Waals surface area contributed by atoms with Crippen molar-refractivity contribution in [1.82, 2.24) is 5.32 Å². The molecule has 0 aliphatic heterocycles. The van der Waals surface area contributed by atoms with E-state index < -0.39 is 11.7 Å². The van der Waals surface area contributed by atoms with Gasteiger partial charge in [-0.2, -0.15) is 13.2 Å². The van der Waals surface area contributed by atoms with Gasteiger partial charge in [-0.3, -0.25) is 4.79 Å². The number of carbonyl (C=O) groups excluding carboxylic acids is 1. The first-order valence-corrected chi connectivity index (χ1v) is 7.18. The number of hydrogen-bond donors (Lipinski definition) is 1. The SMILES string of the molecule is CC(C)C(Br)CNC(=O)Cc1ccc(C(F)(F)F)cc1. The Kier molecular flexibility index (Phi) is 6.05. The zero-order valence-electron chi connectivity index (χ0n) is 11.3. The van der Waals surface area contributed by atoms with Gasteiger partial charge in [0.25, 0.3) is 0 Å². The van der Waals surface area contributed by atoms with E-state index in [9.17, 15) is 18.0 Å². The third-order valence-electron chi connectivity index (χ3n) is 2.86. The van der Waals surface area contributed by atoms with Crippen molar-refractivity contribution >= 4 is 21.8 Å². The van der Waals surface area contributed by atoms with Crippen LogP contribution in [0.1, 0.15) is 25.0 Å². The molecule has 0 heterocycles. The molecule has 0 radical (unpaired) electrons. The number of rotatable bonds is 5. The van der Waals surface area contributed by atoms with Crippen LogP contribution < -0.4 is 5.32 Å². The topological polar surface area (TPSA) is 29.1 Å². The van der Waals surface area contributed by atoms with Gasteiger partial charge >= 0.3 is 6.18 Å². The van der Waals surface area contributed by atoms with Crippen molar-refractivity contribution < 1.29 is 18.0 Å². The maximum atomic E-state index is 12.4. The van der Waals surface area contributed by atoms with Crippen LogP contribution >= 0.6 is 15.9 Å². The summed E-state index contributed by atoms with van der Waals surface area (Å²) in [5.74, 6) is 0.191. The van der Waals surface area contributed by atoms with E-state index in [2.05, 4.69) is 21.2 Å². The number of alkyl halides is 4. The highest BCUT2D eigenvalue weighted by atomic mass is 79.9. The molecule has 1 atom stereocenters. The van der Waals surface area contributed by atoms with Crippen molar-refractivity contribution in [2.75, 3.05) is 6.54 Å². The van der Waals surface area contributed by atoms with E-state index in [-0.39, 0.29) is 17.2 Å². The molecule has 1 rings (SSSR count). The first-order valence-electron chi connectivity index (χ1n) is 6.27. The molecule has 20 heavy (non-hydrogen) atoms. The zero-order chi connectivity index (χ0) is 15.3. The van der Waals surface area contributed by atoms with Crippen LogP contribution in [-0.2, 0) is 17.4 Å². The molecular weight excluding hydrogens is 335 g/mol. The highest BCUT2D eigenvalue weighted by Crippen LogP contribution is 2.29. The minimum atomic E-state index is -4.35. The molecule has 1 N–H and O–H groups in total. The van der Waals surface area contributed by atoms with Crippen LogP contribution in [0.3, 0.4) is 0 Å². The quantitative estimate of drug-likeness (QED) is 0.803. The van der Waals surface area contributed by atoms with E-state index in [1.165, 1.54) is 12.1 Å². The fourth-order valence-electron chi connectivity index (χ4n) is 1.51. The smallest absolute Gasteiger partial charge is 0.355 e. The summed E-state index contributed by atoms with van der Waals surface area (Å²) < 4.78 is 37.1. The molecule has 1 aromatic carbocycles. The van der Waals surface area contributed by atoms with Gasteiger partial charge in [-0.05, 0) is 23.6 Å². The Labute approximate surface area is 124 Å². The summed E-state index contributed by atoms with van der Waals surface area (Å²) >= 11 is 3.45. The Bertz CT molecular complexity index is 443. The normalized spacial score (nSPS) is 13.3. The number of amides is 1. The molecule has 0 bridgehead atoms. The number of carbonyl (C=O) groups is 1. The monoisotopic (exact) mass is 351 g/mol. The maximum Gasteiger partial charge on any atom is 0.416 e. The minimum absolute atomic E-state index is 0.0793. The van der Waals surface area contributed by atoms with Crippen molar-refractivity contribution in [3.8, 4) is 0 Å². The molecule has 0 aromatic heterocycles. The molecule has 112 valence electrons. The number of halogens is 4. The average Bonchev–Trinajstić information content (AvgIpc) is 2.35. The number of hydrogen-bond acceptors (Lipinski definition) is 1. The van der Waals surface area contributed by atoms with Crippen LogP contribution in [0, 0.1) is 5.92 Å². The fraction of sp³-hybridized carbons (Fsp3) is 0.500. The molecule has 0 saturated heterocycles. The van der Waals surface area contributed by atoms with Crippen LogP contribution in [0.2, 0.25) is 0 Å². The lowest BCUT2D eigenvalue weighted by Crippen LogP contribution is -2.32. The van der Waals surface area contributed by atoms with E-state index in [0.29, 0.717) is 18.0 Å². The molecule has 6 heteroatoms. The zero-order valence-corrected chi connectivity index (χ0v) is 12.9. The van der Waals surface area contributed by atoms with Crippen LogP contribution in [0.25, 0.3) is 0 Å². The summed E-state index contributed by atoms with van der Waals surface area (Å²) in [6, 6.07) is 4.64. The van der Waals surface area contributed by atoms with Crippen LogP contribution in [0.15, 0.2) is 24.3 Å². The second kappa shape index (κ2) is 7.11. The van der Waals surface area contributed by atoms with Gasteiger partial charge in [-0.15, -0.1) is 0 Å². The van der Waals surface area contributed by atoms with Gasteiger partial charge in [0.2, 0.25) is 5.91 Å². The van der Waals surface area contributed by atoms with Gasteiger partial charge < -0.3 is 5.32 Å². The van der Waals surface area contributed by atoms with Gasteiger partial charge in [-0.1, -0.05) is 41.9 Å². The second-order valence-corrected chi connectivity index (χ2v) is 6.11. The van der Waals surface area contributed by atoms with Gasteiger partial charge in [-0.25, -0.2) is 0 Å². The van der Waals surface area contributed by atoms with Crippen LogP contribution in [0.4, 0.5) is 13.2 Å². The molecule has 0 aliphatic rings. The van der Waals surface area contributed by atoms with E-state index in [4.69, 9.17) is 0 Å². The summed E-state index contributed by atoms with van der Waals surface area (Å²) in [4.78, 5) is 11.8. The van der Waals surface area contributed by atoms with Crippen molar-refractivity contribution in [2.24, 2.45) is 5.92 Å². The fourth-order valence-corrected chi connectivity index (χ4v) is 1.67. The highest BCUT2D eigenvalue weighted by molar-refractivity contribution is 9.09. The second-order valence-electron chi connectivity index (χ2n) is 4.94. The number of benzene rings is 1. The summed E-state index contributed by atoms with van der Waals surface area (Å²) in [6.45, 7) is 4.56. The predicted molar refractivity (Wildman–Crippen MR) is 75.7 cm³/mol. The van der Waals surface area contributed by atoms with Crippen molar-refractivity contribution in [3.63, 3.8) is 0 Å². The van der Waals surface area contributed by atoms with E-state index >= 15 is 0 Å². The Morgan fingerprint density at radius 3 is 2.25 bits per heavy atom. The largest absolute Gasteiger partial charge is 0.416 e. The van der Waals surface area contributed by atoms with Crippen molar-refractivity contribution in [1.29, 1.82) is 0 Å². The Morgan fingerprint density at radius 1 is 1.25 bits per heavy atom. The maximum absolute atomic E-state index is 12.4. The Morgan fingerprint density at radius 2 is 1.80 bits per heavy atom. The lowest BCUT2D eigenvalue weighted by molar-refractivity contribution is -0.137. The van der Waals surface area contributed by atoms with Gasteiger partial charge in [0, 0.05) is 11.4 Å². The summed E-state index contributed by atoms with van der Waals surface area (Å²) in [5, 5.41) is 2.75. The molecule has 0 fully saturated rings. The average molecular weight is 352 g/mol. The molecule has 1 amide bonds. The molecular formula is C14H17BrF3NO. The van der Waals surface area contributed by atoms with Crippen molar-refractivity contribution in [2.45, 2.75) is 31.3 Å². The van der Waals surface area contributed by atoms with E-state index in [1.54, 1.807) is 0 Å². The first kappa shape index (κ1) is 17.0. The Balaban J connectivity index is 2.51. The lowest BCUT2D eigenvalue weighted by Gasteiger charge is -2.14. The van der Waals surface area contributed by atoms with Gasteiger partial charge in [0.05, 0.1) is 12.0 Å². The summed E-state index contributed by atoms with van der Waals surface area (Å²) in [7, 11) is 0. The minimum Gasteiger partial charge on any atom is -0.355 e. The van der Waals surface area contributed by atoms with Crippen LogP contribution in [-0.4, -0.2) is 17.3 Å². The van der Waals surface area contributed by atoms with E-state index in [1.807, 2.05) is 13.8 Å². The van der Waals surface area contributed by atoms with Gasteiger partial charge in [0.1, 0.15) is 0 Å². The molecule has 0 spiro atoms. The van der Waals surface area contributed by atoms with E-state index in [0.717, 1.165) is 12.1 Å². The standard InChI is InChI=1S/C14H17BrF3NO/c1-9(2)12(15)8-19-13(20)7-10-3-5-11(6-4-10)14(16,17)18/h3-6,9,12H,7-8H2,1-2H3,(H,19,20). The molecule has 1 unspecified atom stereocenters. The highest BCUT2D eigenvalue weighted by Gasteiger charge is 2.29. The molecule has 2 nitrogen and oxygen atoms in total. The summed E-state index contributed by atoms with van der Waals surface area (Å²) in [5.41, 5.74) is -0.145. The van der Waals surface area contributed by atoms with Crippen LogP contribution in [0.5, 0.6) is 0 Å². The lowest BCUT2D eigenvalue weighted by atomic mass is 10.1. The summed E-state index contributed by atoms with van der Waals surface area (Å²) in [6.07, 6.45) is -4.27. The molecule has 0 saturated carbocycles. The van der Waals surface area contributed by atoms with Crippen molar-refractivity contribution in [3.05, 3.63) is 35.4 Å². The predicted octanol–water partition coefficient (Wildman–Crippen LogP) is 3.78. The van der Waals surface area contributed by atoms with Gasteiger partial charge in [0.15, 0.2) is 0 Å². The third-order valence-corrected chi connectivity index (χ3v) is 4.24. The number of nitrogens with one attached hydrogen (secondary N) is 1. The molecule has 1 aromatic rings.